The van der Waals surface area contributed by atoms with Gasteiger partial charge in [0.15, 0.2) is 0 Å². The van der Waals surface area contributed by atoms with Gasteiger partial charge in [-0.2, -0.15) is 0 Å². The van der Waals surface area contributed by atoms with Crippen LogP contribution in [0.5, 0.6) is 5.75 Å². The van der Waals surface area contributed by atoms with Gasteiger partial charge in [0.2, 0.25) is 0 Å². The molecule has 0 fully saturated rings. The predicted molar refractivity (Wildman–Crippen MR) is 62.7 cm³/mol. The smallest absolute Gasteiger partial charge is 0.121 e. The van der Waals surface area contributed by atoms with Crippen molar-refractivity contribution in [3.63, 3.8) is 0 Å². The van der Waals surface area contributed by atoms with E-state index < -0.39 is 0 Å². The van der Waals surface area contributed by atoms with Gasteiger partial charge in [-0.1, -0.05) is 36.4 Å². The van der Waals surface area contributed by atoms with Crippen LogP contribution in [0.15, 0.2) is 49.1 Å². The number of hydrogen-bond acceptors (Lipinski definition) is 2. The van der Waals surface area contributed by atoms with Gasteiger partial charge in [-0.3, -0.25) is 0 Å². The molecule has 3 N–H and O–H groups in total. The van der Waals surface area contributed by atoms with Gasteiger partial charge < -0.3 is 10.8 Å². The van der Waals surface area contributed by atoms with Crippen molar-refractivity contribution in [3.8, 4) is 5.75 Å². The minimum atomic E-state index is -0.337. The maximum atomic E-state index is 9.78. The van der Waals surface area contributed by atoms with Crippen LogP contribution in [-0.4, -0.2) is 5.11 Å². The van der Waals surface area contributed by atoms with Crippen LogP contribution in [0, 0.1) is 0 Å². The van der Waals surface area contributed by atoms with E-state index in [9.17, 15) is 5.11 Å². The molecule has 0 aliphatic carbocycles. The van der Waals surface area contributed by atoms with Gasteiger partial charge in [0.1, 0.15) is 5.75 Å². The van der Waals surface area contributed by atoms with Gasteiger partial charge in [-0.15, -0.1) is 6.58 Å². The Morgan fingerprint density at radius 1 is 1.20 bits per heavy atom. The summed E-state index contributed by atoms with van der Waals surface area (Å²) in [6.07, 6.45) is 1.63. The number of aromatic hydroxyl groups is 1. The van der Waals surface area contributed by atoms with E-state index in [0.717, 1.165) is 16.3 Å². The molecule has 0 saturated heterocycles. The van der Waals surface area contributed by atoms with Gasteiger partial charge in [-0.25, -0.2) is 0 Å². The summed E-state index contributed by atoms with van der Waals surface area (Å²) >= 11 is 0. The number of phenolic OH excluding ortho intramolecular Hbond substituents is 1. The highest BCUT2D eigenvalue weighted by Crippen LogP contribution is 2.31. The highest BCUT2D eigenvalue weighted by molar-refractivity contribution is 5.88. The predicted octanol–water partition coefficient (Wildman–Crippen LogP) is 2.73. The zero-order chi connectivity index (χ0) is 10.8. The molecule has 0 spiro atoms. The Hall–Kier alpha value is -1.80. The first-order valence-corrected chi connectivity index (χ1v) is 4.83. The lowest BCUT2D eigenvalue weighted by molar-refractivity contribution is 0.467. The molecule has 2 aromatic rings. The van der Waals surface area contributed by atoms with Crippen molar-refractivity contribution in [3.05, 3.63) is 54.6 Å². The van der Waals surface area contributed by atoms with Crippen molar-refractivity contribution in [2.75, 3.05) is 0 Å². The number of benzene rings is 2. The van der Waals surface area contributed by atoms with E-state index in [2.05, 4.69) is 6.58 Å². The van der Waals surface area contributed by atoms with Crippen LogP contribution in [0.25, 0.3) is 10.8 Å². The second-order valence-corrected chi connectivity index (χ2v) is 3.48. The highest BCUT2D eigenvalue weighted by Gasteiger charge is 2.11. The van der Waals surface area contributed by atoms with E-state index in [4.69, 9.17) is 5.73 Å². The van der Waals surface area contributed by atoms with Gasteiger partial charge >= 0.3 is 0 Å². The maximum absolute atomic E-state index is 9.78. The lowest BCUT2D eigenvalue weighted by atomic mass is 9.98. The lowest BCUT2D eigenvalue weighted by Crippen LogP contribution is -2.07. The van der Waals surface area contributed by atoms with Gasteiger partial charge in [-0.05, 0) is 16.8 Å². The summed E-state index contributed by atoms with van der Waals surface area (Å²) in [5.41, 5.74) is 6.62. The summed E-state index contributed by atoms with van der Waals surface area (Å²) < 4.78 is 0. The average Bonchev–Trinajstić information content (AvgIpc) is 2.28. The average molecular weight is 199 g/mol. The SMILES string of the molecule is C=CC(N)c1c(O)ccc2ccccc12. The second kappa shape index (κ2) is 3.75. The standard InChI is InChI=1S/C13H13NO/c1-2-11(14)13-10-6-4-3-5-9(10)7-8-12(13)15/h2-8,11,15H,1,14H2. The molecule has 76 valence electrons. The van der Waals surface area contributed by atoms with Crippen LogP contribution in [0.3, 0.4) is 0 Å². The molecule has 0 aliphatic rings. The molecular formula is C13H13NO. The molecule has 0 heterocycles. The summed E-state index contributed by atoms with van der Waals surface area (Å²) in [6, 6.07) is 11.0. The first kappa shape index (κ1) is 9.74. The van der Waals surface area contributed by atoms with Crippen LogP contribution in [0.2, 0.25) is 0 Å². The topological polar surface area (TPSA) is 46.2 Å². The normalized spacial score (nSPS) is 12.6. The zero-order valence-corrected chi connectivity index (χ0v) is 8.35. The first-order valence-electron chi connectivity index (χ1n) is 4.83. The molecule has 1 unspecified atom stereocenters. The Balaban J connectivity index is 2.79. The van der Waals surface area contributed by atoms with E-state index in [-0.39, 0.29) is 11.8 Å². The Morgan fingerprint density at radius 2 is 1.93 bits per heavy atom. The monoisotopic (exact) mass is 199 g/mol. The molecule has 0 bridgehead atoms. The fourth-order valence-corrected chi connectivity index (χ4v) is 1.75. The molecule has 2 rings (SSSR count). The van der Waals surface area contributed by atoms with E-state index in [1.165, 1.54) is 0 Å². The Kier molecular flexibility index (Phi) is 2.44. The number of nitrogens with two attached hydrogens (primary N) is 1. The van der Waals surface area contributed by atoms with E-state index in [1.807, 2.05) is 30.3 Å². The van der Waals surface area contributed by atoms with Crippen LogP contribution in [0.4, 0.5) is 0 Å². The fraction of sp³-hybridized carbons (Fsp3) is 0.0769. The number of hydrogen-bond donors (Lipinski definition) is 2. The third-order valence-corrected chi connectivity index (χ3v) is 2.53. The Labute approximate surface area is 88.7 Å². The summed E-state index contributed by atoms with van der Waals surface area (Å²) in [6.45, 7) is 3.65. The number of rotatable bonds is 2. The summed E-state index contributed by atoms with van der Waals surface area (Å²) in [7, 11) is 0. The second-order valence-electron chi connectivity index (χ2n) is 3.48. The Morgan fingerprint density at radius 3 is 2.67 bits per heavy atom. The molecule has 0 aromatic heterocycles. The van der Waals surface area contributed by atoms with E-state index in [0.29, 0.717) is 0 Å². The molecular weight excluding hydrogens is 186 g/mol. The van der Waals surface area contributed by atoms with E-state index in [1.54, 1.807) is 12.1 Å². The maximum Gasteiger partial charge on any atom is 0.121 e. The van der Waals surface area contributed by atoms with Gasteiger partial charge in [0, 0.05) is 5.56 Å². The minimum absolute atomic E-state index is 0.223. The molecule has 1 atom stereocenters. The Bertz CT molecular complexity index is 505. The lowest BCUT2D eigenvalue weighted by Gasteiger charge is -2.12. The van der Waals surface area contributed by atoms with Crippen molar-refractivity contribution in [2.45, 2.75) is 6.04 Å². The van der Waals surface area contributed by atoms with Crippen molar-refractivity contribution in [2.24, 2.45) is 5.73 Å². The minimum Gasteiger partial charge on any atom is -0.508 e. The van der Waals surface area contributed by atoms with Crippen LogP contribution in [0.1, 0.15) is 11.6 Å². The van der Waals surface area contributed by atoms with Crippen molar-refractivity contribution in [1.29, 1.82) is 0 Å². The molecule has 0 aliphatic heterocycles. The number of fused-ring (bicyclic) bond motifs is 1. The quantitative estimate of drug-likeness (QED) is 0.730. The van der Waals surface area contributed by atoms with E-state index >= 15 is 0 Å². The van der Waals surface area contributed by atoms with Crippen molar-refractivity contribution >= 4 is 10.8 Å². The molecule has 15 heavy (non-hydrogen) atoms. The molecule has 2 heteroatoms. The fourth-order valence-electron chi connectivity index (χ4n) is 1.75. The van der Waals surface area contributed by atoms with Crippen LogP contribution < -0.4 is 5.73 Å². The van der Waals surface area contributed by atoms with Crippen molar-refractivity contribution in [1.82, 2.24) is 0 Å². The zero-order valence-electron chi connectivity index (χ0n) is 8.35. The third kappa shape index (κ3) is 1.60. The highest BCUT2D eigenvalue weighted by atomic mass is 16.3. The number of phenols is 1. The molecule has 2 aromatic carbocycles. The molecule has 0 radical (unpaired) electrons. The van der Waals surface area contributed by atoms with Crippen molar-refractivity contribution < 1.29 is 5.11 Å². The summed E-state index contributed by atoms with van der Waals surface area (Å²) in [4.78, 5) is 0. The first-order chi connectivity index (χ1) is 7.24. The van der Waals surface area contributed by atoms with Crippen LogP contribution >= 0.6 is 0 Å². The van der Waals surface area contributed by atoms with Crippen LogP contribution in [-0.2, 0) is 0 Å². The molecule has 0 saturated carbocycles. The largest absolute Gasteiger partial charge is 0.508 e. The molecule has 2 nitrogen and oxygen atoms in total. The summed E-state index contributed by atoms with van der Waals surface area (Å²) in [5, 5.41) is 11.8. The summed E-state index contributed by atoms with van der Waals surface area (Å²) in [5.74, 6) is 0.223. The third-order valence-electron chi connectivity index (χ3n) is 2.53. The molecule has 0 amide bonds. The van der Waals surface area contributed by atoms with Gasteiger partial charge in [0.05, 0.1) is 6.04 Å². The van der Waals surface area contributed by atoms with Gasteiger partial charge in [0.25, 0.3) is 0 Å².